The highest BCUT2D eigenvalue weighted by atomic mass is 16.3. The fraction of sp³-hybridized carbons (Fsp3) is 0.600. The average Bonchev–Trinajstić information content (AvgIpc) is 2.30. The van der Waals surface area contributed by atoms with Gasteiger partial charge >= 0.3 is 0 Å². The van der Waals surface area contributed by atoms with Gasteiger partial charge in [0.1, 0.15) is 0 Å². The summed E-state index contributed by atoms with van der Waals surface area (Å²) >= 11 is 0. The van der Waals surface area contributed by atoms with Crippen molar-refractivity contribution in [1.29, 1.82) is 0 Å². The quantitative estimate of drug-likeness (QED) is 0.794. The van der Waals surface area contributed by atoms with E-state index in [0.717, 1.165) is 0 Å². The zero-order valence-electron chi connectivity index (χ0n) is 11.4. The van der Waals surface area contributed by atoms with Crippen LogP contribution in [0.4, 0.5) is 0 Å². The molecule has 2 atom stereocenters. The summed E-state index contributed by atoms with van der Waals surface area (Å²) in [7, 11) is 0. The van der Waals surface area contributed by atoms with Crippen LogP contribution in [0.5, 0.6) is 0 Å². The molecule has 2 N–H and O–H groups in total. The minimum absolute atomic E-state index is 0.155. The van der Waals surface area contributed by atoms with Crippen molar-refractivity contribution in [2.45, 2.75) is 39.8 Å². The molecule has 0 saturated heterocycles. The first-order valence-electron chi connectivity index (χ1n) is 6.48. The van der Waals surface area contributed by atoms with Gasteiger partial charge in [-0.05, 0) is 17.4 Å². The summed E-state index contributed by atoms with van der Waals surface area (Å²) in [6.45, 7) is 8.87. The maximum Gasteiger partial charge on any atom is 0.0587 e. The summed E-state index contributed by atoms with van der Waals surface area (Å²) in [5.41, 5.74) is 1.29. The summed E-state index contributed by atoms with van der Waals surface area (Å²) in [4.78, 5) is 0. The molecule has 0 fully saturated rings. The van der Waals surface area contributed by atoms with E-state index in [-0.39, 0.29) is 12.6 Å². The molecule has 0 aliphatic carbocycles. The molecule has 96 valence electrons. The Balaban J connectivity index is 2.80. The Morgan fingerprint density at radius 1 is 1.00 bits per heavy atom. The van der Waals surface area contributed by atoms with E-state index in [9.17, 15) is 5.11 Å². The third-order valence-corrected chi connectivity index (χ3v) is 3.22. The molecular formula is C15H25NO. The molecule has 1 aromatic rings. The largest absolute Gasteiger partial charge is 0.395 e. The zero-order valence-corrected chi connectivity index (χ0v) is 11.4. The van der Waals surface area contributed by atoms with Crippen LogP contribution in [-0.4, -0.2) is 17.8 Å². The van der Waals surface area contributed by atoms with Gasteiger partial charge in [-0.1, -0.05) is 58.0 Å². The first-order chi connectivity index (χ1) is 8.06. The second-order valence-electron chi connectivity index (χ2n) is 5.33. The Kier molecular flexibility index (Phi) is 5.66. The van der Waals surface area contributed by atoms with Crippen LogP contribution in [0, 0.1) is 11.8 Å². The van der Waals surface area contributed by atoms with Crippen molar-refractivity contribution in [2.75, 3.05) is 6.61 Å². The van der Waals surface area contributed by atoms with E-state index in [1.165, 1.54) is 5.56 Å². The van der Waals surface area contributed by atoms with E-state index in [1.54, 1.807) is 0 Å². The van der Waals surface area contributed by atoms with Crippen LogP contribution in [0.3, 0.4) is 0 Å². The highest BCUT2D eigenvalue weighted by molar-refractivity contribution is 5.19. The average molecular weight is 235 g/mol. The molecule has 0 aromatic heterocycles. The van der Waals surface area contributed by atoms with Crippen LogP contribution < -0.4 is 5.32 Å². The summed E-state index contributed by atoms with van der Waals surface area (Å²) < 4.78 is 0. The molecule has 1 aromatic carbocycles. The van der Waals surface area contributed by atoms with E-state index in [0.29, 0.717) is 17.9 Å². The number of hydrogen-bond acceptors (Lipinski definition) is 2. The molecular weight excluding hydrogens is 210 g/mol. The van der Waals surface area contributed by atoms with Crippen LogP contribution >= 0.6 is 0 Å². The molecule has 0 spiro atoms. The maximum atomic E-state index is 9.41. The minimum atomic E-state index is 0.155. The Morgan fingerprint density at radius 3 is 2.00 bits per heavy atom. The SMILES string of the molecule is CC(C)[C@H](N[C@H](CO)C(C)C)c1ccccc1. The van der Waals surface area contributed by atoms with Gasteiger partial charge in [0.15, 0.2) is 0 Å². The Hall–Kier alpha value is -0.860. The molecule has 0 aliphatic heterocycles. The molecule has 0 saturated carbocycles. The number of nitrogens with one attached hydrogen (secondary N) is 1. The Labute approximate surface area is 105 Å². The van der Waals surface area contributed by atoms with Crippen LogP contribution in [0.15, 0.2) is 30.3 Å². The van der Waals surface area contributed by atoms with Gasteiger partial charge in [0, 0.05) is 12.1 Å². The van der Waals surface area contributed by atoms with E-state index in [2.05, 4.69) is 57.3 Å². The minimum Gasteiger partial charge on any atom is -0.395 e. The Morgan fingerprint density at radius 2 is 1.59 bits per heavy atom. The van der Waals surface area contributed by atoms with Gasteiger partial charge in [-0.15, -0.1) is 0 Å². The topological polar surface area (TPSA) is 32.3 Å². The number of hydrogen-bond donors (Lipinski definition) is 2. The van der Waals surface area contributed by atoms with Gasteiger partial charge in [0.2, 0.25) is 0 Å². The van der Waals surface area contributed by atoms with Crippen molar-refractivity contribution in [2.24, 2.45) is 11.8 Å². The van der Waals surface area contributed by atoms with Crippen molar-refractivity contribution < 1.29 is 5.11 Å². The summed E-state index contributed by atoms with van der Waals surface area (Å²) in [5, 5.41) is 13.0. The third-order valence-electron chi connectivity index (χ3n) is 3.22. The monoisotopic (exact) mass is 235 g/mol. The molecule has 1 rings (SSSR count). The molecule has 0 unspecified atom stereocenters. The van der Waals surface area contributed by atoms with E-state index >= 15 is 0 Å². The lowest BCUT2D eigenvalue weighted by molar-refractivity contribution is 0.188. The number of aliphatic hydroxyl groups excluding tert-OH is 1. The van der Waals surface area contributed by atoms with Gasteiger partial charge in [0.05, 0.1) is 6.61 Å². The fourth-order valence-corrected chi connectivity index (χ4v) is 2.02. The number of rotatable bonds is 6. The zero-order chi connectivity index (χ0) is 12.8. The summed E-state index contributed by atoms with van der Waals surface area (Å²) in [6, 6.07) is 10.9. The van der Waals surface area contributed by atoms with Crippen LogP contribution in [0.25, 0.3) is 0 Å². The molecule has 17 heavy (non-hydrogen) atoms. The van der Waals surface area contributed by atoms with Gasteiger partial charge in [-0.3, -0.25) is 0 Å². The van der Waals surface area contributed by atoms with E-state index < -0.39 is 0 Å². The van der Waals surface area contributed by atoms with Crippen molar-refractivity contribution in [3.63, 3.8) is 0 Å². The first-order valence-corrected chi connectivity index (χ1v) is 6.48. The standard InChI is InChI=1S/C15H25NO/c1-11(2)14(10-17)16-15(12(3)4)13-8-6-5-7-9-13/h5-9,11-12,14-17H,10H2,1-4H3/t14-,15+/m1/s1. The van der Waals surface area contributed by atoms with Gasteiger partial charge in [-0.25, -0.2) is 0 Å². The number of benzene rings is 1. The smallest absolute Gasteiger partial charge is 0.0587 e. The molecule has 0 aliphatic rings. The van der Waals surface area contributed by atoms with E-state index in [4.69, 9.17) is 0 Å². The molecule has 0 heterocycles. The second kappa shape index (κ2) is 6.77. The maximum absolute atomic E-state index is 9.41. The second-order valence-corrected chi connectivity index (χ2v) is 5.33. The van der Waals surface area contributed by atoms with Gasteiger partial charge in [0.25, 0.3) is 0 Å². The highest BCUT2D eigenvalue weighted by Gasteiger charge is 2.21. The lowest BCUT2D eigenvalue weighted by Crippen LogP contribution is -2.41. The normalized spacial score (nSPS) is 15.2. The molecule has 2 heteroatoms. The van der Waals surface area contributed by atoms with Crippen molar-refractivity contribution in [1.82, 2.24) is 5.32 Å². The van der Waals surface area contributed by atoms with Crippen LogP contribution in [0.1, 0.15) is 39.3 Å². The predicted molar refractivity (Wildman–Crippen MR) is 72.9 cm³/mol. The van der Waals surface area contributed by atoms with Crippen molar-refractivity contribution >= 4 is 0 Å². The summed E-state index contributed by atoms with van der Waals surface area (Å²) in [6.07, 6.45) is 0. The Bertz CT molecular complexity index is 308. The van der Waals surface area contributed by atoms with E-state index in [1.807, 2.05) is 6.07 Å². The fourth-order valence-electron chi connectivity index (χ4n) is 2.02. The highest BCUT2D eigenvalue weighted by Crippen LogP contribution is 2.23. The predicted octanol–water partition coefficient (Wildman–Crippen LogP) is 2.99. The molecule has 0 bridgehead atoms. The molecule has 2 nitrogen and oxygen atoms in total. The van der Waals surface area contributed by atoms with Gasteiger partial charge < -0.3 is 10.4 Å². The molecule has 0 radical (unpaired) electrons. The number of aliphatic hydroxyl groups is 1. The van der Waals surface area contributed by atoms with Crippen LogP contribution in [0.2, 0.25) is 0 Å². The summed E-state index contributed by atoms with van der Waals surface area (Å²) in [5.74, 6) is 0.940. The van der Waals surface area contributed by atoms with Gasteiger partial charge in [-0.2, -0.15) is 0 Å². The lowest BCUT2D eigenvalue weighted by atomic mass is 9.93. The first kappa shape index (κ1) is 14.2. The van der Waals surface area contributed by atoms with Crippen LogP contribution in [-0.2, 0) is 0 Å². The lowest BCUT2D eigenvalue weighted by Gasteiger charge is -2.30. The van der Waals surface area contributed by atoms with Crippen molar-refractivity contribution in [3.05, 3.63) is 35.9 Å². The van der Waals surface area contributed by atoms with Crippen molar-refractivity contribution in [3.8, 4) is 0 Å². The third kappa shape index (κ3) is 4.14. The molecule has 0 amide bonds.